The molecule has 0 aliphatic rings. The molecule has 0 N–H and O–H groups in total. The number of nitrogens with zero attached hydrogens (tertiary/aromatic N) is 3. The van der Waals surface area contributed by atoms with Crippen LogP contribution in [0.4, 0.5) is 8.78 Å². The molecule has 0 amide bonds. The van der Waals surface area contributed by atoms with E-state index in [0.29, 0.717) is 22.5 Å². The fourth-order valence-corrected chi connectivity index (χ4v) is 9.79. The average Bonchev–Trinajstić information content (AvgIpc) is 3.88. The van der Waals surface area contributed by atoms with E-state index in [1.807, 2.05) is 72.8 Å². The quantitative estimate of drug-likeness (QED) is 0.157. The van der Waals surface area contributed by atoms with Crippen molar-refractivity contribution in [2.45, 2.75) is 0 Å². The summed E-state index contributed by atoms with van der Waals surface area (Å²) in [6, 6.07) is 76.6. The van der Waals surface area contributed by atoms with Gasteiger partial charge in [0.1, 0.15) is 23.3 Å². The molecule has 0 spiro atoms. The fraction of sp³-hybridized carbons (Fsp3) is 0. The summed E-state index contributed by atoms with van der Waals surface area (Å²) < 4.78 is 36.9. The number of halogens is 2. The molecule has 0 radical (unpaired) electrons. The minimum Gasteiger partial charge on any atom is -0.308 e. The molecule has 10 aromatic carbocycles. The lowest BCUT2D eigenvalue weighted by molar-refractivity contribution is 0.589. The predicted octanol–water partition coefficient (Wildman–Crippen LogP) is 16.4. The minimum absolute atomic E-state index is 0.170. The maximum absolute atomic E-state index is 16.3. The summed E-state index contributed by atoms with van der Waals surface area (Å²) in [5.74, 6) is -1.40. The molecule has 0 bridgehead atoms. The molecule has 66 heavy (non-hydrogen) atoms. The Morgan fingerprint density at radius 3 is 0.894 bits per heavy atom. The van der Waals surface area contributed by atoms with Crippen molar-refractivity contribution in [1.82, 2.24) is 9.13 Å². The van der Waals surface area contributed by atoms with Crippen molar-refractivity contribution >= 4 is 43.6 Å². The van der Waals surface area contributed by atoms with Crippen molar-refractivity contribution in [2.24, 2.45) is 0 Å². The predicted molar refractivity (Wildman–Crippen MR) is 267 cm³/mol. The zero-order chi connectivity index (χ0) is 44.3. The van der Waals surface area contributed by atoms with Gasteiger partial charge in [0.2, 0.25) is 0 Å². The maximum atomic E-state index is 16.3. The number of nitriles is 1. The molecule has 0 aliphatic carbocycles. The van der Waals surface area contributed by atoms with Crippen LogP contribution >= 0.6 is 0 Å². The summed E-state index contributed by atoms with van der Waals surface area (Å²) in [4.78, 5) is 0. The summed E-state index contributed by atoms with van der Waals surface area (Å²) in [7, 11) is 0. The third kappa shape index (κ3) is 6.38. The second-order valence-corrected chi connectivity index (χ2v) is 16.7. The van der Waals surface area contributed by atoms with Gasteiger partial charge in [0, 0.05) is 21.5 Å². The first kappa shape index (κ1) is 38.8. The van der Waals surface area contributed by atoms with Crippen molar-refractivity contribution in [3.63, 3.8) is 0 Å². The van der Waals surface area contributed by atoms with Gasteiger partial charge in [0.05, 0.1) is 39.0 Å². The lowest BCUT2D eigenvalue weighted by Gasteiger charge is -2.19. The third-order valence-corrected chi connectivity index (χ3v) is 12.9. The zero-order valence-corrected chi connectivity index (χ0v) is 35.5. The number of hydrogen-bond donors (Lipinski definition) is 0. The maximum Gasteiger partial charge on any atom is 0.133 e. The molecular formula is C61H37F2N3. The molecule has 0 saturated heterocycles. The van der Waals surface area contributed by atoms with Crippen molar-refractivity contribution in [3.05, 3.63) is 242 Å². The van der Waals surface area contributed by atoms with E-state index < -0.39 is 11.6 Å². The number of benzene rings is 10. The highest BCUT2D eigenvalue weighted by atomic mass is 19.1. The van der Waals surface area contributed by atoms with E-state index in [-0.39, 0.29) is 5.56 Å². The SMILES string of the molecule is N#Cc1c(-n2c3cc(-c4ccccc4)ccc3c3ccc(-c4ccccc4)cc32)cc(-c2c(F)cccc2F)cc1-n1c2cc(-c3ccccc3)ccc2c2ccc(-c3ccccc3)cc21. The third-order valence-electron chi connectivity index (χ3n) is 12.9. The highest BCUT2D eigenvalue weighted by Crippen LogP contribution is 2.44. The first-order valence-electron chi connectivity index (χ1n) is 21.9. The van der Waals surface area contributed by atoms with Gasteiger partial charge < -0.3 is 9.13 Å². The van der Waals surface area contributed by atoms with Crippen LogP contribution in [-0.4, -0.2) is 9.13 Å². The van der Waals surface area contributed by atoms with E-state index in [9.17, 15) is 5.26 Å². The number of fused-ring (bicyclic) bond motifs is 6. The second kappa shape index (κ2) is 15.7. The van der Waals surface area contributed by atoms with E-state index in [1.54, 1.807) is 12.1 Å². The summed E-state index contributed by atoms with van der Waals surface area (Å²) >= 11 is 0. The molecule has 0 atom stereocenters. The van der Waals surface area contributed by atoms with Gasteiger partial charge in [-0.15, -0.1) is 0 Å². The van der Waals surface area contributed by atoms with Gasteiger partial charge in [0.15, 0.2) is 0 Å². The van der Waals surface area contributed by atoms with Gasteiger partial charge in [-0.2, -0.15) is 5.26 Å². The molecule has 0 saturated carbocycles. The van der Waals surface area contributed by atoms with Gasteiger partial charge in [-0.05, 0) is 98.6 Å². The van der Waals surface area contributed by atoms with Crippen LogP contribution in [-0.2, 0) is 0 Å². The second-order valence-electron chi connectivity index (χ2n) is 16.7. The first-order chi connectivity index (χ1) is 32.5. The van der Waals surface area contributed by atoms with E-state index in [4.69, 9.17) is 0 Å². The summed E-state index contributed by atoms with van der Waals surface area (Å²) in [5.41, 5.74) is 13.0. The number of rotatable bonds is 7. The smallest absolute Gasteiger partial charge is 0.133 e. The Kier molecular flexibility index (Phi) is 9.25. The van der Waals surface area contributed by atoms with Crippen molar-refractivity contribution in [1.29, 1.82) is 5.26 Å². The molecule has 5 heteroatoms. The van der Waals surface area contributed by atoms with Crippen LogP contribution in [0.25, 0.3) is 111 Å². The Hall–Kier alpha value is -8.85. The minimum atomic E-state index is -0.698. The Labute approximate surface area is 379 Å². The first-order valence-corrected chi connectivity index (χ1v) is 21.9. The molecular weight excluding hydrogens is 813 g/mol. The highest BCUT2D eigenvalue weighted by molar-refractivity contribution is 6.13. The Balaban J connectivity index is 1.25. The standard InChI is InChI=1S/C61H37F2N3/c62-53-22-13-23-54(63)61(53)47-36-59(65-55-32-43(39-14-5-1-6-15-39)24-28-48(55)49-29-25-44(33-56(49)65)40-16-7-2-8-17-40)52(38-64)60(37-47)66-57-34-45(41-18-9-3-10-19-41)26-30-50(57)51-31-27-46(35-58(51)66)42-20-11-4-12-21-42/h1-37H. The van der Waals surface area contributed by atoms with Gasteiger partial charge in [-0.3, -0.25) is 0 Å². The van der Waals surface area contributed by atoms with Gasteiger partial charge in [-0.25, -0.2) is 8.78 Å². The van der Waals surface area contributed by atoms with Crippen molar-refractivity contribution in [2.75, 3.05) is 0 Å². The lowest BCUT2D eigenvalue weighted by atomic mass is 9.98. The average molecular weight is 850 g/mol. The van der Waals surface area contributed by atoms with Gasteiger partial charge >= 0.3 is 0 Å². The largest absolute Gasteiger partial charge is 0.308 e. The van der Waals surface area contributed by atoms with Crippen LogP contribution in [0.5, 0.6) is 0 Å². The molecule has 2 aromatic heterocycles. The Morgan fingerprint density at radius 1 is 0.303 bits per heavy atom. The molecule has 3 nitrogen and oxygen atoms in total. The molecule has 0 unspecified atom stereocenters. The monoisotopic (exact) mass is 849 g/mol. The van der Waals surface area contributed by atoms with Crippen LogP contribution in [0.3, 0.4) is 0 Å². The zero-order valence-electron chi connectivity index (χ0n) is 35.5. The van der Waals surface area contributed by atoms with Gasteiger partial charge in [-0.1, -0.05) is 176 Å². The van der Waals surface area contributed by atoms with Crippen LogP contribution < -0.4 is 0 Å². The van der Waals surface area contributed by atoms with Crippen LogP contribution in [0.2, 0.25) is 0 Å². The van der Waals surface area contributed by atoms with E-state index in [1.165, 1.54) is 18.2 Å². The topological polar surface area (TPSA) is 33.6 Å². The van der Waals surface area contributed by atoms with E-state index in [0.717, 1.165) is 88.1 Å². The number of aromatic nitrogens is 2. The van der Waals surface area contributed by atoms with Crippen molar-refractivity contribution < 1.29 is 8.78 Å². The van der Waals surface area contributed by atoms with Crippen LogP contribution in [0.1, 0.15) is 5.56 Å². The molecule has 12 rings (SSSR count). The van der Waals surface area contributed by atoms with Crippen LogP contribution in [0, 0.1) is 23.0 Å². The molecule has 0 aliphatic heterocycles. The Morgan fingerprint density at radius 2 is 0.606 bits per heavy atom. The summed E-state index contributed by atoms with van der Waals surface area (Å²) in [6.07, 6.45) is 0. The summed E-state index contributed by atoms with van der Waals surface area (Å²) in [6.45, 7) is 0. The molecule has 0 fully saturated rings. The molecule has 310 valence electrons. The Bertz CT molecular complexity index is 3450. The highest BCUT2D eigenvalue weighted by Gasteiger charge is 2.25. The van der Waals surface area contributed by atoms with E-state index >= 15 is 8.78 Å². The molecule has 12 aromatic rings. The normalized spacial score (nSPS) is 11.5. The van der Waals surface area contributed by atoms with E-state index in [2.05, 4.69) is 137 Å². The lowest BCUT2D eigenvalue weighted by Crippen LogP contribution is -2.06. The molecule has 2 heterocycles. The summed E-state index contributed by atoms with van der Waals surface area (Å²) in [5, 5.41) is 15.7. The number of hydrogen-bond acceptors (Lipinski definition) is 1. The fourth-order valence-electron chi connectivity index (χ4n) is 9.79. The van der Waals surface area contributed by atoms with Crippen LogP contribution in [0.15, 0.2) is 224 Å². The van der Waals surface area contributed by atoms with Gasteiger partial charge in [0.25, 0.3) is 0 Å². The van der Waals surface area contributed by atoms with Crippen molar-refractivity contribution in [3.8, 4) is 73.1 Å².